The lowest BCUT2D eigenvalue weighted by molar-refractivity contribution is -0.142. The Morgan fingerprint density at radius 1 is 1.02 bits per heavy atom. The van der Waals surface area contributed by atoms with Crippen LogP contribution < -0.4 is 0 Å². The summed E-state index contributed by atoms with van der Waals surface area (Å²) in [5, 5.41) is 0.839. The molecule has 2 heterocycles. The Morgan fingerprint density at radius 3 is 2.48 bits per heavy atom. The number of carbonyl (C=O) groups is 3. The molecular formula is C33H39FN2O4. The number of hydrogen-bond acceptors (Lipinski definition) is 4. The van der Waals surface area contributed by atoms with Gasteiger partial charge in [-0.3, -0.25) is 14.0 Å². The van der Waals surface area contributed by atoms with E-state index in [0.717, 1.165) is 54.1 Å². The van der Waals surface area contributed by atoms with Gasteiger partial charge < -0.3 is 14.6 Å². The molecule has 2 aromatic carbocycles. The summed E-state index contributed by atoms with van der Waals surface area (Å²) in [6.07, 6.45) is 4.19. The number of aromatic nitrogens is 1. The standard InChI is InChI=1S/C33H39FN2O4/c1-3-40-33(39)29-19-26-17-22(9-14-28(26)35-29)18-30(37)31-27(24-7-5-4-6-8-24)15-16-36(31)32(38)25-12-10-23(11-13-25)21(2)20-34/h4-9,14,17,19,21,23,25,27,31,35H,3,10-13,15-16,18,20H2,1-2H3/t21-,23?,25?,27-,31+/m1/s1. The van der Waals surface area contributed by atoms with Gasteiger partial charge in [-0.15, -0.1) is 0 Å². The number of ketones is 1. The van der Waals surface area contributed by atoms with Crippen LogP contribution in [0.5, 0.6) is 0 Å². The van der Waals surface area contributed by atoms with Crippen molar-refractivity contribution in [2.45, 2.75) is 64.3 Å². The van der Waals surface area contributed by atoms with Crippen LogP contribution in [0.3, 0.4) is 0 Å². The molecule has 6 nitrogen and oxygen atoms in total. The molecule has 0 radical (unpaired) electrons. The zero-order valence-corrected chi connectivity index (χ0v) is 23.4. The van der Waals surface area contributed by atoms with Crippen LogP contribution in [-0.2, 0) is 20.7 Å². The van der Waals surface area contributed by atoms with Gasteiger partial charge in [0.15, 0.2) is 5.78 Å². The molecule has 7 heteroatoms. The predicted molar refractivity (Wildman–Crippen MR) is 153 cm³/mol. The summed E-state index contributed by atoms with van der Waals surface area (Å²) in [4.78, 5) is 44.9. The molecule has 2 aliphatic rings. The van der Waals surface area contributed by atoms with Gasteiger partial charge in [0.25, 0.3) is 0 Å². The summed E-state index contributed by atoms with van der Waals surface area (Å²) >= 11 is 0. The van der Waals surface area contributed by atoms with Crippen molar-refractivity contribution in [2.24, 2.45) is 17.8 Å². The summed E-state index contributed by atoms with van der Waals surface area (Å²) in [5.41, 5.74) is 3.11. The highest BCUT2D eigenvalue weighted by Crippen LogP contribution is 2.39. The number of aromatic amines is 1. The molecule has 1 aliphatic carbocycles. The second kappa shape index (κ2) is 12.4. The van der Waals surface area contributed by atoms with Crippen LogP contribution in [0.2, 0.25) is 0 Å². The maximum Gasteiger partial charge on any atom is 0.354 e. The minimum atomic E-state index is -0.519. The van der Waals surface area contributed by atoms with E-state index in [-0.39, 0.29) is 42.5 Å². The molecule has 40 heavy (non-hydrogen) atoms. The highest BCUT2D eigenvalue weighted by atomic mass is 19.1. The van der Waals surface area contributed by atoms with Gasteiger partial charge in [0, 0.05) is 35.7 Å². The van der Waals surface area contributed by atoms with Gasteiger partial charge in [-0.25, -0.2) is 4.79 Å². The average Bonchev–Trinajstić information content (AvgIpc) is 3.62. The Morgan fingerprint density at radius 2 is 1.77 bits per heavy atom. The number of esters is 1. The fraction of sp³-hybridized carbons (Fsp3) is 0.485. The lowest BCUT2D eigenvalue weighted by Crippen LogP contribution is -2.46. The molecule has 1 saturated heterocycles. The zero-order valence-electron chi connectivity index (χ0n) is 23.4. The fourth-order valence-electron chi connectivity index (χ4n) is 6.70. The van der Waals surface area contributed by atoms with Gasteiger partial charge in [0.1, 0.15) is 5.69 Å². The van der Waals surface area contributed by atoms with Gasteiger partial charge in [-0.05, 0) is 80.2 Å². The molecular weight excluding hydrogens is 507 g/mol. The van der Waals surface area contributed by atoms with Crippen LogP contribution in [0.15, 0.2) is 54.6 Å². The minimum absolute atomic E-state index is 0.0277. The van der Waals surface area contributed by atoms with Gasteiger partial charge >= 0.3 is 5.97 Å². The van der Waals surface area contributed by atoms with Crippen molar-refractivity contribution in [3.05, 3.63) is 71.4 Å². The maximum atomic E-state index is 14.0. The van der Waals surface area contributed by atoms with E-state index >= 15 is 0 Å². The third-order valence-electron chi connectivity index (χ3n) is 8.97. The number of rotatable bonds is 9. The number of nitrogens with zero attached hydrogens (tertiary/aromatic N) is 1. The minimum Gasteiger partial charge on any atom is -0.461 e. The fourth-order valence-corrected chi connectivity index (χ4v) is 6.70. The first-order valence-electron chi connectivity index (χ1n) is 14.6. The molecule has 212 valence electrons. The van der Waals surface area contributed by atoms with Crippen LogP contribution in [0, 0.1) is 17.8 Å². The van der Waals surface area contributed by atoms with Gasteiger partial charge in [-0.2, -0.15) is 0 Å². The van der Waals surface area contributed by atoms with Gasteiger partial charge in [0.05, 0.1) is 19.3 Å². The highest BCUT2D eigenvalue weighted by molar-refractivity contribution is 5.96. The molecule has 1 amide bonds. The van der Waals surface area contributed by atoms with Crippen LogP contribution in [0.25, 0.3) is 10.9 Å². The van der Waals surface area contributed by atoms with Crippen LogP contribution >= 0.6 is 0 Å². The van der Waals surface area contributed by atoms with E-state index in [9.17, 15) is 18.8 Å². The molecule has 2 fully saturated rings. The molecule has 3 atom stereocenters. The molecule has 1 aliphatic heterocycles. The summed E-state index contributed by atoms with van der Waals surface area (Å²) in [6.45, 7) is 4.27. The topological polar surface area (TPSA) is 79.5 Å². The second-order valence-corrected chi connectivity index (χ2v) is 11.5. The van der Waals surface area contributed by atoms with Crippen molar-refractivity contribution in [3.63, 3.8) is 0 Å². The largest absolute Gasteiger partial charge is 0.461 e. The third kappa shape index (κ3) is 5.84. The Kier molecular flexibility index (Phi) is 8.67. The van der Waals surface area contributed by atoms with Crippen LogP contribution in [0.1, 0.15) is 73.5 Å². The number of carbonyl (C=O) groups excluding carboxylic acids is 3. The first-order valence-corrected chi connectivity index (χ1v) is 14.6. The second-order valence-electron chi connectivity index (χ2n) is 11.5. The number of likely N-dealkylation sites (tertiary alicyclic amines) is 1. The van der Waals surface area contributed by atoms with Gasteiger partial charge in [-0.1, -0.05) is 43.3 Å². The molecule has 5 rings (SSSR count). The SMILES string of the molecule is CCOC(=O)c1cc2cc(CC(=O)[C@@H]3[C@@H](c4ccccc4)CCN3C(=O)C3CCC([C@H](C)CF)CC3)ccc2[nH]1. The Bertz CT molecular complexity index is 1340. The van der Waals surface area contributed by atoms with Crippen molar-refractivity contribution in [1.82, 2.24) is 9.88 Å². The smallest absolute Gasteiger partial charge is 0.354 e. The summed E-state index contributed by atoms with van der Waals surface area (Å²) < 4.78 is 18.3. The summed E-state index contributed by atoms with van der Waals surface area (Å²) in [5.74, 6) is -0.101. The van der Waals surface area contributed by atoms with E-state index in [4.69, 9.17) is 4.74 Å². The zero-order chi connectivity index (χ0) is 28.2. The van der Waals surface area contributed by atoms with E-state index in [1.54, 1.807) is 13.0 Å². The number of ether oxygens (including phenoxy) is 1. The lowest BCUT2D eigenvalue weighted by Gasteiger charge is -2.35. The van der Waals surface area contributed by atoms with Crippen LogP contribution in [-0.4, -0.2) is 53.4 Å². The van der Waals surface area contributed by atoms with Crippen molar-refractivity contribution < 1.29 is 23.5 Å². The Labute approximate surface area is 235 Å². The van der Waals surface area contributed by atoms with E-state index in [0.29, 0.717) is 24.8 Å². The number of amides is 1. The van der Waals surface area contributed by atoms with E-state index in [1.807, 2.05) is 60.4 Å². The molecule has 0 bridgehead atoms. The number of halogens is 1. The normalized spacial score (nSPS) is 23.7. The van der Waals surface area contributed by atoms with Crippen molar-refractivity contribution in [1.29, 1.82) is 0 Å². The number of H-pyrrole nitrogens is 1. The Hall–Kier alpha value is -3.48. The molecule has 1 saturated carbocycles. The first kappa shape index (κ1) is 28.1. The molecule has 0 unspecified atom stereocenters. The number of benzene rings is 2. The van der Waals surface area contributed by atoms with Crippen molar-refractivity contribution in [2.75, 3.05) is 19.8 Å². The number of fused-ring (bicyclic) bond motifs is 1. The number of alkyl halides is 1. The number of Topliss-reactive ketones (excluding diaryl/α,β-unsaturated/α-hetero) is 1. The van der Waals surface area contributed by atoms with Crippen LogP contribution in [0.4, 0.5) is 4.39 Å². The molecule has 1 aromatic heterocycles. The number of nitrogens with one attached hydrogen (secondary N) is 1. The van der Waals surface area contributed by atoms with E-state index in [2.05, 4.69) is 4.98 Å². The monoisotopic (exact) mass is 546 g/mol. The average molecular weight is 547 g/mol. The molecule has 0 spiro atoms. The van der Waals surface area contributed by atoms with Crippen molar-refractivity contribution >= 4 is 28.6 Å². The predicted octanol–water partition coefficient (Wildman–Crippen LogP) is 6.25. The quantitative estimate of drug-likeness (QED) is 0.322. The van der Waals surface area contributed by atoms with E-state index in [1.165, 1.54) is 0 Å². The Balaban J connectivity index is 1.36. The molecule has 3 aromatic rings. The van der Waals surface area contributed by atoms with Crippen molar-refractivity contribution in [3.8, 4) is 0 Å². The third-order valence-corrected chi connectivity index (χ3v) is 8.97. The molecule has 1 N–H and O–H groups in total. The lowest BCUT2D eigenvalue weighted by atomic mass is 9.76. The number of hydrogen-bond donors (Lipinski definition) is 1. The highest BCUT2D eigenvalue weighted by Gasteiger charge is 2.44. The van der Waals surface area contributed by atoms with Gasteiger partial charge in [0.2, 0.25) is 5.91 Å². The summed E-state index contributed by atoms with van der Waals surface area (Å²) in [7, 11) is 0. The van der Waals surface area contributed by atoms with E-state index < -0.39 is 12.0 Å². The maximum absolute atomic E-state index is 14.0. The first-order chi connectivity index (χ1) is 19.4. The summed E-state index contributed by atoms with van der Waals surface area (Å²) in [6, 6.07) is 17.0.